The molecule has 142 valence electrons. The van der Waals surface area contributed by atoms with Gasteiger partial charge < -0.3 is 10.2 Å². The van der Waals surface area contributed by atoms with E-state index in [9.17, 15) is 22.8 Å². The smallest absolute Gasteiger partial charge is 0.339 e. The topological polar surface area (TPSA) is 62.3 Å². The summed E-state index contributed by atoms with van der Waals surface area (Å²) in [4.78, 5) is 29.6. The molecule has 0 unspecified atom stereocenters. The minimum Gasteiger partial charge on any atom is -0.339 e. The van der Waals surface area contributed by atoms with Gasteiger partial charge >= 0.3 is 6.18 Å². The lowest BCUT2D eigenvalue weighted by atomic mass is 9.95. The summed E-state index contributed by atoms with van der Waals surface area (Å²) in [7, 11) is 0. The Bertz CT molecular complexity index is 799. The minimum absolute atomic E-state index is 0.0931. The first-order valence-electron chi connectivity index (χ1n) is 8.53. The van der Waals surface area contributed by atoms with Crippen molar-refractivity contribution in [2.75, 3.05) is 18.4 Å². The number of piperidine rings is 1. The quantitative estimate of drug-likeness (QED) is 0.889. The summed E-state index contributed by atoms with van der Waals surface area (Å²) >= 11 is 0. The summed E-state index contributed by atoms with van der Waals surface area (Å²) in [6, 6.07) is 11.0. The second kappa shape index (κ2) is 7.77. The third-order valence-electron chi connectivity index (χ3n) is 4.50. The molecule has 2 amide bonds. The van der Waals surface area contributed by atoms with Gasteiger partial charge in [-0.05, 0) is 37.1 Å². The van der Waals surface area contributed by atoms with Crippen LogP contribution < -0.4 is 5.32 Å². The summed E-state index contributed by atoms with van der Waals surface area (Å²) < 4.78 is 37.7. The number of nitrogens with one attached hydrogen (secondary N) is 1. The Morgan fingerprint density at radius 3 is 2.26 bits per heavy atom. The van der Waals surface area contributed by atoms with Gasteiger partial charge in [0.05, 0.1) is 5.56 Å². The van der Waals surface area contributed by atoms with Crippen molar-refractivity contribution in [2.45, 2.75) is 19.0 Å². The Morgan fingerprint density at radius 1 is 1.04 bits per heavy atom. The SMILES string of the molecule is O=C(Nc1ccccc1)C1CCN(C(=O)c2ccc(C(F)(F)F)nc2)CC1. The Morgan fingerprint density at radius 2 is 1.70 bits per heavy atom. The Balaban J connectivity index is 1.55. The van der Waals surface area contributed by atoms with Crippen LogP contribution in [-0.4, -0.2) is 34.8 Å². The number of likely N-dealkylation sites (tertiary alicyclic amines) is 1. The average Bonchev–Trinajstić information content (AvgIpc) is 2.68. The van der Waals surface area contributed by atoms with Crippen LogP contribution in [0, 0.1) is 5.92 Å². The van der Waals surface area contributed by atoms with Gasteiger partial charge in [-0.2, -0.15) is 13.2 Å². The molecule has 0 aliphatic carbocycles. The predicted molar refractivity (Wildman–Crippen MR) is 92.9 cm³/mol. The minimum atomic E-state index is -4.54. The number of carbonyl (C=O) groups is 2. The Hall–Kier alpha value is -2.90. The van der Waals surface area contributed by atoms with Crippen molar-refractivity contribution in [1.29, 1.82) is 0 Å². The molecular weight excluding hydrogens is 359 g/mol. The number of hydrogen-bond acceptors (Lipinski definition) is 3. The van der Waals surface area contributed by atoms with E-state index in [1.807, 2.05) is 18.2 Å². The van der Waals surface area contributed by atoms with Gasteiger partial charge in [-0.25, -0.2) is 0 Å². The second-order valence-corrected chi connectivity index (χ2v) is 6.35. The highest BCUT2D eigenvalue weighted by atomic mass is 19.4. The van der Waals surface area contributed by atoms with Crippen molar-refractivity contribution in [3.8, 4) is 0 Å². The molecule has 1 aromatic carbocycles. The number of hydrogen-bond donors (Lipinski definition) is 1. The molecule has 8 heteroatoms. The van der Waals surface area contributed by atoms with E-state index in [1.54, 1.807) is 12.1 Å². The number of aromatic nitrogens is 1. The van der Waals surface area contributed by atoms with Gasteiger partial charge in [-0.15, -0.1) is 0 Å². The monoisotopic (exact) mass is 377 g/mol. The third kappa shape index (κ3) is 4.64. The van der Waals surface area contributed by atoms with Crippen LogP contribution in [0.5, 0.6) is 0 Å². The van der Waals surface area contributed by atoms with Gasteiger partial charge in [-0.3, -0.25) is 14.6 Å². The number of anilines is 1. The second-order valence-electron chi connectivity index (χ2n) is 6.35. The molecule has 1 aliphatic rings. The highest BCUT2D eigenvalue weighted by Crippen LogP contribution is 2.27. The van der Waals surface area contributed by atoms with Crippen LogP contribution in [0.25, 0.3) is 0 Å². The molecular formula is C19H18F3N3O2. The number of benzene rings is 1. The maximum atomic E-state index is 12.6. The van der Waals surface area contributed by atoms with E-state index < -0.39 is 11.9 Å². The van der Waals surface area contributed by atoms with Crippen molar-refractivity contribution in [2.24, 2.45) is 5.92 Å². The molecule has 1 aromatic heterocycles. The summed E-state index contributed by atoms with van der Waals surface area (Å²) in [5.41, 5.74) is -0.206. The standard InChI is InChI=1S/C19H18F3N3O2/c20-19(21,22)16-7-6-14(12-23-16)18(27)25-10-8-13(9-11-25)17(26)24-15-4-2-1-3-5-15/h1-7,12-13H,8-11H2,(H,24,26). The zero-order valence-electron chi connectivity index (χ0n) is 14.4. The first kappa shape index (κ1) is 18.9. The number of alkyl halides is 3. The molecule has 0 radical (unpaired) electrons. The summed E-state index contributed by atoms with van der Waals surface area (Å²) in [6.07, 6.45) is -2.59. The van der Waals surface area contributed by atoms with Crippen LogP contribution in [0.15, 0.2) is 48.7 Å². The van der Waals surface area contributed by atoms with E-state index in [-0.39, 0.29) is 23.3 Å². The van der Waals surface area contributed by atoms with E-state index >= 15 is 0 Å². The van der Waals surface area contributed by atoms with Crippen molar-refractivity contribution >= 4 is 17.5 Å². The molecule has 3 rings (SSSR count). The average molecular weight is 377 g/mol. The molecule has 1 aliphatic heterocycles. The van der Waals surface area contributed by atoms with Crippen LogP contribution >= 0.6 is 0 Å². The molecule has 1 saturated heterocycles. The molecule has 2 heterocycles. The largest absolute Gasteiger partial charge is 0.433 e. The predicted octanol–water partition coefficient (Wildman–Crippen LogP) is 3.59. The molecule has 1 N–H and O–H groups in total. The third-order valence-corrected chi connectivity index (χ3v) is 4.50. The van der Waals surface area contributed by atoms with Gasteiger partial charge in [0.15, 0.2) is 0 Å². The molecule has 1 fully saturated rings. The molecule has 27 heavy (non-hydrogen) atoms. The van der Waals surface area contributed by atoms with E-state index in [4.69, 9.17) is 0 Å². The maximum absolute atomic E-state index is 12.6. The fourth-order valence-corrected chi connectivity index (χ4v) is 2.98. The molecule has 2 aromatic rings. The zero-order chi connectivity index (χ0) is 19.4. The molecule has 0 spiro atoms. The van der Waals surface area contributed by atoms with Crippen molar-refractivity contribution in [3.05, 3.63) is 59.9 Å². The van der Waals surface area contributed by atoms with Crippen LogP contribution in [0.4, 0.5) is 18.9 Å². The number of nitrogens with zero attached hydrogens (tertiary/aromatic N) is 2. The number of halogens is 3. The molecule has 5 nitrogen and oxygen atoms in total. The highest BCUT2D eigenvalue weighted by Gasteiger charge is 2.33. The first-order chi connectivity index (χ1) is 12.8. The normalized spacial score (nSPS) is 15.4. The summed E-state index contributed by atoms with van der Waals surface area (Å²) in [5.74, 6) is -0.678. The van der Waals surface area contributed by atoms with Crippen molar-refractivity contribution < 1.29 is 22.8 Å². The number of pyridine rings is 1. The van der Waals surface area contributed by atoms with Gasteiger partial charge in [0, 0.05) is 30.9 Å². The van der Waals surface area contributed by atoms with Crippen LogP contribution in [0.3, 0.4) is 0 Å². The molecule has 0 bridgehead atoms. The molecule has 0 saturated carbocycles. The lowest BCUT2D eigenvalue weighted by Gasteiger charge is -2.31. The van der Waals surface area contributed by atoms with E-state index in [2.05, 4.69) is 10.3 Å². The highest BCUT2D eigenvalue weighted by molar-refractivity contribution is 5.95. The lowest BCUT2D eigenvalue weighted by Crippen LogP contribution is -2.41. The number of carbonyl (C=O) groups excluding carboxylic acids is 2. The molecule has 0 atom stereocenters. The van der Waals surface area contributed by atoms with Crippen LogP contribution in [0.2, 0.25) is 0 Å². The zero-order valence-corrected chi connectivity index (χ0v) is 14.4. The fraction of sp³-hybridized carbons (Fsp3) is 0.316. The van der Waals surface area contributed by atoms with Crippen molar-refractivity contribution in [1.82, 2.24) is 9.88 Å². The Kier molecular flexibility index (Phi) is 5.43. The van der Waals surface area contributed by atoms with Crippen LogP contribution in [0.1, 0.15) is 28.9 Å². The summed E-state index contributed by atoms with van der Waals surface area (Å²) in [6.45, 7) is 0.736. The summed E-state index contributed by atoms with van der Waals surface area (Å²) in [5, 5.41) is 2.85. The lowest BCUT2D eigenvalue weighted by molar-refractivity contribution is -0.141. The number of para-hydroxylation sites is 1. The maximum Gasteiger partial charge on any atom is 0.433 e. The van der Waals surface area contributed by atoms with E-state index in [1.165, 1.54) is 4.90 Å². The van der Waals surface area contributed by atoms with Gasteiger partial charge in [0.1, 0.15) is 5.69 Å². The van der Waals surface area contributed by atoms with Crippen molar-refractivity contribution in [3.63, 3.8) is 0 Å². The van der Waals surface area contributed by atoms with Gasteiger partial charge in [0.2, 0.25) is 5.91 Å². The van der Waals surface area contributed by atoms with E-state index in [0.717, 1.165) is 24.0 Å². The fourth-order valence-electron chi connectivity index (χ4n) is 2.98. The Labute approximate surface area is 154 Å². The van der Waals surface area contributed by atoms with Gasteiger partial charge in [-0.1, -0.05) is 18.2 Å². The number of rotatable bonds is 3. The van der Waals surface area contributed by atoms with E-state index in [0.29, 0.717) is 25.9 Å². The number of amides is 2. The van der Waals surface area contributed by atoms with Crippen LogP contribution in [-0.2, 0) is 11.0 Å². The first-order valence-corrected chi connectivity index (χ1v) is 8.53. The van der Waals surface area contributed by atoms with Gasteiger partial charge in [0.25, 0.3) is 5.91 Å².